The van der Waals surface area contributed by atoms with Gasteiger partial charge in [0.2, 0.25) is 5.91 Å². The van der Waals surface area contributed by atoms with Gasteiger partial charge < -0.3 is 5.32 Å². The quantitative estimate of drug-likeness (QED) is 0.802. The maximum absolute atomic E-state index is 11.4. The van der Waals surface area contributed by atoms with Crippen molar-refractivity contribution in [2.75, 3.05) is 6.54 Å². The lowest BCUT2D eigenvalue weighted by Crippen LogP contribution is -2.24. The van der Waals surface area contributed by atoms with E-state index in [-0.39, 0.29) is 5.91 Å². The number of carbonyl (C=O) groups is 1. The Bertz CT molecular complexity index is 340. The molecule has 0 heterocycles. The molecule has 0 aliphatic rings. The standard InChI is InChI=1S/C15H23NO/c1-4-11-16-15(17)10-7-13-5-8-14(9-6-13)12(2)3/h5-6,8-9,12H,4,7,10-11H2,1-3H3,(H,16,17). The smallest absolute Gasteiger partial charge is 0.220 e. The lowest BCUT2D eigenvalue weighted by atomic mass is 10.0. The van der Waals surface area contributed by atoms with Crippen molar-refractivity contribution in [3.63, 3.8) is 0 Å². The summed E-state index contributed by atoms with van der Waals surface area (Å²) in [5, 5.41) is 2.89. The molecule has 1 rings (SSSR count). The Balaban J connectivity index is 2.39. The Morgan fingerprint density at radius 1 is 1.24 bits per heavy atom. The lowest BCUT2D eigenvalue weighted by Gasteiger charge is -2.07. The van der Waals surface area contributed by atoms with Crippen LogP contribution in [0.1, 0.15) is 50.7 Å². The number of amides is 1. The van der Waals surface area contributed by atoms with Gasteiger partial charge in [-0.1, -0.05) is 45.0 Å². The van der Waals surface area contributed by atoms with Crippen LogP contribution in [0.3, 0.4) is 0 Å². The Hall–Kier alpha value is -1.31. The Morgan fingerprint density at radius 2 is 1.88 bits per heavy atom. The summed E-state index contributed by atoms with van der Waals surface area (Å²) in [6.07, 6.45) is 2.41. The molecule has 0 saturated carbocycles. The molecule has 2 heteroatoms. The van der Waals surface area contributed by atoms with Crippen LogP contribution in [0.2, 0.25) is 0 Å². The molecule has 0 aliphatic carbocycles. The molecule has 0 aromatic heterocycles. The van der Waals surface area contributed by atoms with Crippen LogP contribution >= 0.6 is 0 Å². The minimum Gasteiger partial charge on any atom is -0.356 e. The number of aryl methyl sites for hydroxylation is 1. The number of nitrogens with one attached hydrogen (secondary N) is 1. The molecule has 0 fully saturated rings. The first kappa shape index (κ1) is 13.8. The second-order valence-corrected chi connectivity index (χ2v) is 4.75. The van der Waals surface area contributed by atoms with Gasteiger partial charge in [-0.05, 0) is 29.9 Å². The van der Waals surface area contributed by atoms with E-state index in [0.717, 1.165) is 19.4 Å². The highest BCUT2D eigenvalue weighted by atomic mass is 16.1. The van der Waals surface area contributed by atoms with Gasteiger partial charge in [-0.3, -0.25) is 4.79 Å². The van der Waals surface area contributed by atoms with Crippen LogP contribution < -0.4 is 5.32 Å². The third kappa shape index (κ3) is 5.03. The molecular weight excluding hydrogens is 210 g/mol. The first-order valence-electron chi connectivity index (χ1n) is 6.49. The van der Waals surface area contributed by atoms with Crippen molar-refractivity contribution in [2.24, 2.45) is 0 Å². The van der Waals surface area contributed by atoms with Crippen molar-refractivity contribution in [1.29, 1.82) is 0 Å². The molecule has 0 spiro atoms. The van der Waals surface area contributed by atoms with Gasteiger partial charge >= 0.3 is 0 Å². The highest BCUT2D eigenvalue weighted by Crippen LogP contribution is 2.15. The maximum atomic E-state index is 11.4. The summed E-state index contributed by atoms with van der Waals surface area (Å²) in [5.74, 6) is 0.719. The van der Waals surface area contributed by atoms with E-state index in [4.69, 9.17) is 0 Å². The van der Waals surface area contributed by atoms with Gasteiger partial charge in [0.15, 0.2) is 0 Å². The van der Waals surface area contributed by atoms with Gasteiger partial charge in [0.05, 0.1) is 0 Å². The summed E-state index contributed by atoms with van der Waals surface area (Å²) in [4.78, 5) is 11.4. The average molecular weight is 233 g/mol. The lowest BCUT2D eigenvalue weighted by molar-refractivity contribution is -0.121. The predicted molar refractivity (Wildman–Crippen MR) is 72.2 cm³/mol. The van der Waals surface area contributed by atoms with E-state index in [0.29, 0.717) is 12.3 Å². The molecule has 0 aliphatic heterocycles. The van der Waals surface area contributed by atoms with Crippen molar-refractivity contribution >= 4 is 5.91 Å². The van der Waals surface area contributed by atoms with E-state index in [1.165, 1.54) is 11.1 Å². The second-order valence-electron chi connectivity index (χ2n) is 4.75. The fraction of sp³-hybridized carbons (Fsp3) is 0.533. The van der Waals surface area contributed by atoms with Crippen LogP contribution in [0.15, 0.2) is 24.3 Å². The van der Waals surface area contributed by atoms with Crippen molar-refractivity contribution < 1.29 is 4.79 Å². The van der Waals surface area contributed by atoms with E-state index < -0.39 is 0 Å². The third-order valence-electron chi connectivity index (χ3n) is 2.86. The van der Waals surface area contributed by atoms with E-state index >= 15 is 0 Å². The SMILES string of the molecule is CCCNC(=O)CCc1ccc(C(C)C)cc1. The zero-order valence-electron chi connectivity index (χ0n) is 11.1. The molecule has 2 nitrogen and oxygen atoms in total. The normalized spacial score (nSPS) is 10.6. The summed E-state index contributed by atoms with van der Waals surface area (Å²) >= 11 is 0. The highest BCUT2D eigenvalue weighted by molar-refractivity contribution is 5.76. The third-order valence-corrected chi connectivity index (χ3v) is 2.86. The zero-order valence-corrected chi connectivity index (χ0v) is 11.1. The molecule has 17 heavy (non-hydrogen) atoms. The molecule has 0 unspecified atom stereocenters. The van der Waals surface area contributed by atoms with Crippen molar-refractivity contribution in [1.82, 2.24) is 5.32 Å². The highest BCUT2D eigenvalue weighted by Gasteiger charge is 2.02. The van der Waals surface area contributed by atoms with Gasteiger partial charge in [0, 0.05) is 13.0 Å². The largest absolute Gasteiger partial charge is 0.356 e. The Labute approximate surface area is 104 Å². The molecule has 1 aromatic rings. The minimum atomic E-state index is 0.153. The fourth-order valence-corrected chi connectivity index (χ4v) is 1.68. The van der Waals surface area contributed by atoms with Crippen LogP contribution in [0, 0.1) is 0 Å². The number of hydrogen-bond donors (Lipinski definition) is 1. The van der Waals surface area contributed by atoms with Crippen LogP contribution in [0.25, 0.3) is 0 Å². The van der Waals surface area contributed by atoms with Gasteiger partial charge in [0.1, 0.15) is 0 Å². The fourth-order valence-electron chi connectivity index (χ4n) is 1.68. The molecule has 1 amide bonds. The molecular formula is C15H23NO. The number of rotatable bonds is 6. The monoisotopic (exact) mass is 233 g/mol. The number of carbonyl (C=O) groups excluding carboxylic acids is 1. The van der Waals surface area contributed by atoms with Crippen molar-refractivity contribution in [3.05, 3.63) is 35.4 Å². The Morgan fingerprint density at radius 3 is 2.41 bits per heavy atom. The van der Waals surface area contributed by atoms with Crippen LogP contribution in [0.4, 0.5) is 0 Å². The van der Waals surface area contributed by atoms with Crippen molar-refractivity contribution in [2.45, 2.75) is 46.0 Å². The molecule has 1 aromatic carbocycles. The predicted octanol–water partition coefficient (Wildman–Crippen LogP) is 3.27. The summed E-state index contributed by atoms with van der Waals surface area (Å²) < 4.78 is 0. The van der Waals surface area contributed by atoms with E-state index in [1.54, 1.807) is 0 Å². The first-order chi connectivity index (χ1) is 8.13. The van der Waals surface area contributed by atoms with Crippen molar-refractivity contribution in [3.8, 4) is 0 Å². The van der Waals surface area contributed by atoms with Crippen LogP contribution in [-0.2, 0) is 11.2 Å². The average Bonchev–Trinajstić information content (AvgIpc) is 2.34. The molecule has 1 N–H and O–H groups in total. The van der Waals surface area contributed by atoms with Crippen LogP contribution in [0.5, 0.6) is 0 Å². The number of benzene rings is 1. The Kier molecular flexibility index (Phi) is 5.75. The summed E-state index contributed by atoms with van der Waals surface area (Å²) in [5.41, 5.74) is 2.59. The van der Waals surface area contributed by atoms with Gasteiger partial charge in [-0.2, -0.15) is 0 Å². The van der Waals surface area contributed by atoms with Gasteiger partial charge in [0.25, 0.3) is 0 Å². The minimum absolute atomic E-state index is 0.153. The zero-order chi connectivity index (χ0) is 12.7. The molecule has 0 atom stereocenters. The molecule has 0 bridgehead atoms. The van der Waals surface area contributed by atoms with E-state index in [2.05, 4.69) is 50.4 Å². The number of hydrogen-bond acceptors (Lipinski definition) is 1. The molecule has 94 valence electrons. The van der Waals surface area contributed by atoms with E-state index in [9.17, 15) is 4.79 Å². The van der Waals surface area contributed by atoms with E-state index in [1.807, 2.05) is 0 Å². The molecule has 0 radical (unpaired) electrons. The topological polar surface area (TPSA) is 29.1 Å². The second kappa shape index (κ2) is 7.10. The van der Waals surface area contributed by atoms with Crippen LogP contribution in [-0.4, -0.2) is 12.5 Å². The summed E-state index contributed by atoms with van der Waals surface area (Å²) in [7, 11) is 0. The molecule has 0 saturated heterocycles. The first-order valence-corrected chi connectivity index (χ1v) is 6.49. The van der Waals surface area contributed by atoms with Gasteiger partial charge in [-0.25, -0.2) is 0 Å². The summed E-state index contributed by atoms with van der Waals surface area (Å²) in [6, 6.07) is 8.57. The van der Waals surface area contributed by atoms with Gasteiger partial charge in [-0.15, -0.1) is 0 Å². The summed E-state index contributed by atoms with van der Waals surface area (Å²) in [6.45, 7) is 7.22. The maximum Gasteiger partial charge on any atom is 0.220 e.